The summed E-state index contributed by atoms with van der Waals surface area (Å²) in [5.41, 5.74) is -1.70. The van der Waals surface area contributed by atoms with Gasteiger partial charge in [0.25, 0.3) is 0 Å². The van der Waals surface area contributed by atoms with Crippen LogP contribution in [0.25, 0.3) is 0 Å². The Bertz CT molecular complexity index is 383. The van der Waals surface area contributed by atoms with E-state index in [1.54, 1.807) is 0 Å². The average molecular weight is 212 g/mol. The van der Waals surface area contributed by atoms with Crippen LogP contribution >= 0.6 is 0 Å². The highest BCUT2D eigenvalue weighted by Crippen LogP contribution is 2.30. The molecule has 0 spiro atoms. The first-order valence-corrected chi connectivity index (χ1v) is 4.23. The van der Waals surface area contributed by atoms with Crippen LogP contribution in [0.2, 0.25) is 0 Å². The lowest BCUT2D eigenvalue weighted by atomic mass is 9.96. The minimum absolute atomic E-state index is 0.143. The van der Waals surface area contributed by atoms with Crippen molar-refractivity contribution in [3.8, 4) is 11.5 Å². The predicted molar refractivity (Wildman–Crippen MR) is 51.4 cm³/mol. The summed E-state index contributed by atoms with van der Waals surface area (Å²) in [5.74, 6) is -1.57. The number of aliphatic hydroxyl groups is 1. The molecule has 0 bridgehead atoms. The smallest absolute Gasteiger partial charge is 0.342 e. The Morgan fingerprint density at radius 3 is 2.40 bits per heavy atom. The van der Waals surface area contributed by atoms with E-state index in [9.17, 15) is 15.0 Å². The second-order valence-electron chi connectivity index (χ2n) is 3.27. The van der Waals surface area contributed by atoms with Gasteiger partial charge in [-0.1, -0.05) is 6.07 Å². The molecule has 5 nitrogen and oxygen atoms in total. The average Bonchev–Trinajstić information content (AvgIpc) is 2.20. The second kappa shape index (κ2) is 3.78. The maximum absolute atomic E-state index is 11.2. The lowest BCUT2D eigenvalue weighted by molar-refractivity contribution is -0.161. The number of carbonyl (C=O) groups excluding carboxylic acids is 1. The molecule has 0 amide bonds. The van der Waals surface area contributed by atoms with Gasteiger partial charge < -0.3 is 20.1 Å². The topological polar surface area (TPSA) is 87.0 Å². The minimum atomic E-state index is -1.85. The molecule has 0 saturated heterocycles. The molecule has 0 aliphatic heterocycles. The van der Waals surface area contributed by atoms with Crippen LogP contribution in [0.1, 0.15) is 12.5 Å². The normalized spacial score (nSPS) is 14.3. The van der Waals surface area contributed by atoms with E-state index < -0.39 is 17.3 Å². The number of hydrogen-bond donors (Lipinski definition) is 3. The molecule has 0 fully saturated rings. The van der Waals surface area contributed by atoms with Gasteiger partial charge >= 0.3 is 5.97 Å². The van der Waals surface area contributed by atoms with Crippen molar-refractivity contribution in [3.63, 3.8) is 0 Å². The Labute approximate surface area is 86.5 Å². The van der Waals surface area contributed by atoms with Gasteiger partial charge in [-0.05, 0) is 24.6 Å². The van der Waals surface area contributed by atoms with Gasteiger partial charge in [-0.3, -0.25) is 0 Å². The molecular weight excluding hydrogens is 200 g/mol. The third kappa shape index (κ3) is 2.02. The quantitative estimate of drug-likeness (QED) is 0.490. The van der Waals surface area contributed by atoms with Crippen LogP contribution in [-0.2, 0) is 15.1 Å². The van der Waals surface area contributed by atoms with Crippen molar-refractivity contribution in [2.45, 2.75) is 12.5 Å². The van der Waals surface area contributed by atoms with E-state index in [0.29, 0.717) is 0 Å². The number of phenolic OH excluding ortho intramolecular Hbond substituents is 2. The summed E-state index contributed by atoms with van der Waals surface area (Å²) in [6, 6.07) is 3.61. The van der Waals surface area contributed by atoms with Crippen LogP contribution in [0, 0.1) is 0 Å². The van der Waals surface area contributed by atoms with Gasteiger partial charge in [-0.15, -0.1) is 0 Å². The van der Waals surface area contributed by atoms with Crippen molar-refractivity contribution in [2.75, 3.05) is 7.11 Å². The van der Waals surface area contributed by atoms with Gasteiger partial charge in [-0.25, -0.2) is 4.79 Å². The van der Waals surface area contributed by atoms with Crippen LogP contribution in [0.15, 0.2) is 18.2 Å². The van der Waals surface area contributed by atoms with E-state index in [2.05, 4.69) is 4.74 Å². The molecule has 0 aromatic heterocycles. The number of rotatable bonds is 2. The monoisotopic (exact) mass is 212 g/mol. The molecule has 15 heavy (non-hydrogen) atoms. The van der Waals surface area contributed by atoms with Crippen molar-refractivity contribution in [2.24, 2.45) is 0 Å². The fourth-order valence-corrected chi connectivity index (χ4v) is 1.14. The van der Waals surface area contributed by atoms with Crippen LogP contribution in [0.5, 0.6) is 11.5 Å². The number of phenols is 2. The summed E-state index contributed by atoms with van der Waals surface area (Å²) in [6.07, 6.45) is 0. The third-order valence-electron chi connectivity index (χ3n) is 2.12. The first-order valence-electron chi connectivity index (χ1n) is 4.23. The molecule has 1 atom stereocenters. The molecule has 1 rings (SSSR count). The van der Waals surface area contributed by atoms with E-state index in [1.807, 2.05) is 0 Å². The zero-order chi connectivity index (χ0) is 11.6. The summed E-state index contributed by atoms with van der Waals surface area (Å²) in [6.45, 7) is 1.24. The zero-order valence-corrected chi connectivity index (χ0v) is 8.39. The lowest BCUT2D eigenvalue weighted by Crippen LogP contribution is -2.33. The Balaban J connectivity index is 3.16. The molecule has 0 saturated carbocycles. The summed E-state index contributed by atoms with van der Waals surface area (Å²) in [4.78, 5) is 11.2. The Morgan fingerprint density at radius 1 is 1.33 bits per heavy atom. The molecule has 0 aliphatic carbocycles. The fourth-order valence-electron chi connectivity index (χ4n) is 1.14. The van der Waals surface area contributed by atoms with Crippen molar-refractivity contribution < 1.29 is 24.9 Å². The van der Waals surface area contributed by atoms with Gasteiger partial charge in [0.2, 0.25) is 0 Å². The van der Waals surface area contributed by atoms with Crippen LogP contribution in [0.4, 0.5) is 0 Å². The summed E-state index contributed by atoms with van der Waals surface area (Å²) in [5, 5.41) is 28.1. The molecule has 0 heterocycles. The molecule has 0 aliphatic rings. The lowest BCUT2D eigenvalue weighted by Gasteiger charge is -2.20. The molecule has 82 valence electrons. The molecule has 3 N–H and O–H groups in total. The standard InChI is InChI=1S/C10H12O5/c1-10(14,9(13)15-2)6-3-4-7(11)8(12)5-6/h3-5,11-12,14H,1-2H3. The summed E-state index contributed by atoms with van der Waals surface area (Å²) in [7, 11) is 1.15. The number of carbonyl (C=O) groups is 1. The Kier molecular flexibility index (Phi) is 2.85. The minimum Gasteiger partial charge on any atom is -0.504 e. The van der Waals surface area contributed by atoms with Crippen LogP contribution < -0.4 is 0 Å². The SMILES string of the molecule is COC(=O)C(C)(O)c1ccc(O)c(O)c1. The molecule has 1 aromatic rings. The number of esters is 1. The van der Waals surface area contributed by atoms with Crippen molar-refractivity contribution >= 4 is 5.97 Å². The summed E-state index contributed by atoms with van der Waals surface area (Å²) < 4.78 is 4.41. The van der Waals surface area contributed by atoms with Gasteiger partial charge in [0.1, 0.15) is 0 Å². The molecule has 1 aromatic carbocycles. The number of aromatic hydroxyl groups is 2. The molecule has 1 unspecified atom stereocenters. The van der Waals surface area contributed by atoms with Crippen LogP contribution in [-0.4, -0.2) is 28.4 Å². The van der Waals surface area contributed by atoms with Gasteiger partial charge in [-0.2, -0.15) is 0 Å². The third-order valence-corrected chi connectivity index (χ3v) is 2.12. The van der Waals surface area contributed by atoms with Gasteiger partial charge in [0.15, 0.2) is 17.1 Å². The number of methoxy groups -OCH3 is 1. The maximum atomic E-state index is 11.2. The highest BCUT2D eigenvalue weighted by Gasteiger charge is 2.34. The Morgan fingerprint density at radius 2 is 1.93 bits per heavy atom. The van der Waals surface area contributed by atoms with E-state index >= 15 is 0 Å². The van der Waals surface area contributed by atoms with Crippen molar-refractivity contribution in [3.05, 3.63) is 23.8 Å². The second-order valence-corrected chi connectivity index (χ2v) is 3.27. The van der Waals surface area contributed by atoms with E-state index in [1.165, 1.54) is 19.1 Å². The molecule has 0 radical (unpaired) electrons. The fraction of sp³-hybridized carbons (Fsp3) is 0.300. The number of ether oxygens (including phenoxy) is 1. The largest absolute Gasteiger partial charge is 0.504 e. The van der Waals surface area contributed by atoms with Gasteiger partial charge in [0.05, 0.1) is 7.11 Å². The first kappa shape index (κ1) is 11.3. The molecular formula is C10H12O5. The van der Waals surface area contributed by atoms with E-state index in [4.69, 9.17) is 5.11 Å². The highest BCUT2D eigenvalue weighted by atomic mass is 16.5. The van der Waals surface area contributed by atoms with E-state index in [0.717, 1.165) is 13.2 Å². The van der Waals surface area contributed by atoms with Crippen molar-refractivity contribution in [1.82, 2.24) is 0 Å². The Hall–Kier alpha value is -1.75. The first-order chi connectivity index (χ1) is 6.89. The summed E-state index contributed by atoms with van der Waals surface area (Å²) >= 11 is 0. The van der Waals surface area contributed by atoms with Crippen molar-refractivity contribution in [1.29, 1.82) is 0 Å². The number of benzene rings is 1. The number of hydrogen-bond acceptors (Lipinski definition) is 5. The van der Waals surface area contributed by atoms with E-state index in [-0.39, 0.29) is 11.3 Å². The predicted octanol–water partition coefficient (Wildman–Crippen LogP) is 0.478. The highest BCUT2D eigenvalue weighted by molar-refractivity contribution is 5.80. The zero-order valence-electron chi connectivity index (χ0n) is 8.39. The van der Waals surface area contributed by atoms with Gasteiger partial charge in [0, 0.05) is 0 Å². The van der Waals surface area contributed by atoms with Crippen LogP contribution in [0.3, 0.4) is 0 Å². The maximum Gasteiger partial charge on any atom is 0.342 e. The molecule has 5 heteroatoms.